The zero-order valence-electron chi connectivity index (χ0n) is 11.6. The first-order chi connectivity index (χ1) is 10.4. The largest absolute Gasteiger partial charge is 0.347 e. The molecule has 21 heavy (non-hydrogen) atoms. The lowest BCUT2D eigenvalue weighted by atomic mass is 9.88. The van der Waals surface area contributed by atoms with Crippen LogP contribution in [-0.4, -0.2) is 13.0 Å². The predicted octanol–water partition coefficient (Wildman–Crippen LogP) is 3.63. The minimum Gasteiger partial charge on any atom is -0.347 e. The first-order valence-corrected chi connectivity index (χ1v) is 7.03. The standard InChI is InChI=1S/C19H16NO/c21-14-20-13-19(16-7-2-1-3-8-16)18-12-6-10-15-9-4-5-11-17(15)18/h1-12,19H,13H2,(H,20,21). The molecule has 3 aromatic rings. The van der Waals surface area contributed by atoms with Crippen LogP contribution in [0.3, 0.4) is 0 Å². The van der Waals surface area contributed by atoms with Crippen molar-refractivity contribution < 1.29 is 4.79 Å². The zero-order chi connectivity index (χ0) is 14.5. The molecule has 0 heterocycles. The number of amides is 1. The summed E-state index contributed by atoms with van der Waals surface area (Å²) in [5, 5.41) is 5.14. The molecule has 1 N–H and O–H groups in total. The summed E-state index contributed by atoms with van der Waals surface area (Å²) in [6.45, 7) is 0.543. The van der Waals surface area contributed by atoms with Crippen molar-refractivity contribution in [3.8, 4) is 0 Å². The fourth-order valence-corrected chi connectivity index (χ4v) is 2.79. The topological polar surface area (TPSA) is 29.1 Å². The van der Waals surface area contributed by atoms with Gasteiger partial charge < -0.3 is 5.32 Å². The highest BCUT2D eigenvalue weighted by Gasteiger charge is 2.16. The van der Waals surface area contributed by atoms with Crippen molar-refractivity contribution in [2.75, 3.05) is 6.54 Å². The Morgan fingerprint density at radius 1 is 0.857 bits per heavy atom. The average Bonchev–Trinajstić information content (AvgIpc) is 2.56. The zero-order valence-corrected chi connectivity index (χ0v) is 11.6. The van der Waals surface area contributed by atoms with Gasteiger partial charge in [0.2, 0.25) is 0 Å². The Morgan fingerprint density at radius 2 is 1.57 bits per heavy atom. The van der Waals surface area contributed by atoms with Crippen molar-refractivity contribution in [2.24, 2.45) is 0 Å². The van der Waals surface area contributed by atoms with Crippen molar-refractivity contribution in [3.63, 3.8) is 0 Å². The molecule has 2 nitrogen and oxygen atoms in total. The van der Waals surface area contributed by atoms with E-state index in [4.69, 9.17) is 0 Å². The summed E-state index contributed by atoms with van der Waals surface area (Å²) in [4.78, 5) is 10.6. The Bertz CT molecular complexity index is 731. The Balaban J connectivity index is 2.12. The van der Waals surface area contributed by atoms with E-state index in [9.17, 15) is 4.79 Å². The summed E-state index contributed by atoms with van der Waals surface area (Å²) in [5.74, 6) is 0.124. The maximum atomic E-state index is 10.6. The molecule has 103 valence electrons. The van der Waals surface area contributed by atoms with Gasteiger partial charge in [-0.25, -0.2) is 0 Å². The number of nitrogens with one attached hydrogen (secondary N) is 1. The normalized spacial score (nSPS) is 12.0. The molecule has 2 heteroatoms. The molecule has 1 atom stereocenters. The van der Waals surface area contributed by atoms with Crippen molar-refractivity contribution >= 4 is 17.2 Å². The van der Waals surface area contributed by atoms with E-state index in [1.54, 1.807) is 6.41 Å². The molecule has 0 aliphatic heterocycles. The van der Waals surface area contributed by atoms with E-state index in [0.29, 0.717) is 6.54 Å². The SMILES string of the molecule is O=[C]NCC(c1ccccc1)c1cccc2ccccc12. The van der Waals surface area contributed by atoms with E-state index in [1.165, 1.54) is 21.9 Å². The Kier molecular flexibility index (Phi) is 3.97. The quantitative estimate of drug-likeness (QED) is 0.707. The number of hydrogen-bond acceptors (Lipinski definition) is 1. The van der Waals surface area contributed by atoms with Gasteiger partial charge in [-0.2, -0.15) is 0 Å². The third kappa shape index (κ3) is 2.79. The monoisotopic (exact) mass is 274 g/mol. The van der Waals surface area contributed by atoms with Crippen LogP contribution in [0.1, 0.15) is 17.0 Å². The van der Waals surface area contributed by atoms with Gasteiger partial charge in [-0.05, 0) is 21.9 Å². The lowest BCUT2D eigenvalue weighted by Crippen LogP contribution is -2.21. The molecule has 3 rings (SSSR count). The van der Waals surface area contributed by atoms with Gasteiger partial charge in [0.1, 0.15) is 0 Å². The van der Waals surface area contributed by atoms with Crippen LogP contribution in [0, 0.1) is 0 Å². The molecule has 0 aliphatic rings. The Morgan fingerprint density at radius 3 is 2.38 bits per heavy atom. The molecule has 1 unspecified atom stereocenters. The summed E-state index contributed by atoms with van der Waals surface area (Å²) >= 11 is 0. The van der Waals surface area contributed by atoms with Gasteiger partial charge in [0, 0.05) is 12.5 Å². The first-order valence-electron chi connectivity index (χ1n) is 7.03. The van der Waals surface area contributed by atoms with Crippen molar-refractivity contribution in [2.45, 2.75) is 5.92 Å². The summed E-state index contributed by atoms with van der Waals surface area (Å²) in [6.07, 6.45) is 1.79. The molecular formula is C19H16NO. The number of benzene rings is 3. The van der Waals surface area contributed by atoms with E-state index < -0.39 is 0 Å². The van der Waals surface area contributed by atoms with Crippen LogP contribution in [-0.2, 0) is 4.79 Å². The van der Waals surface area contributed by atoms with Crippen LogP contribution in [0.2, 0.25) is 0 Å². The fourth-order valence-electron chi connectivity index (χ4n) is 2.79. The summed E-state index contributed by atoms with van der Waals surface area (Å²) in [7, 11) is 0. The van der Waals surface area contributed by atoms with Crippen LogP contribution in [0.25, 0.3) is 10.8 Å². The third-order valence-electron chi connectivity index (χ3n) is 3.78. The average molecular weight is 274 g/mol. The maximum absolute atomic E-state index is 10.6. The second-order valence-corrected chi connectivity index (χ2v) is 5.01. The molecule has 1 amide bonds. The molecule has 1 radical (unpaired) electrons. The van der Waals surface area contributed by atoms with Gasteiger partial charge in [-0.3, -0.25) is 4.79 Å². The summed E-state index contributed by atoms with van der Waals surface area (Å²) in [6, 6.07) is 24.9. The smallest absolute Gasteiger partial charge is 0.309 e. The third-order valence-corrected chi connectivity index (χ3v) is 3.78. The number of rotatable bonds is 5. The summed E-state index contributed by atoms with van der Waals surface area (Å²) < 4.78 is 0. The number of hydrogen-bond donors (Lipinski definition) is 1. The Hall–Kier alpha value is -2.61. The molecule has 0 spiro atoms. The molecule has 0 saturated heterocycles. The van der Waals surface area contributed by atoms with Crippen molar-refractivity contribution in [3.05, 3.63) is 83.9 Å². The molecular weight excluding hydrogens is 258 g/mol. The van der Waals surface area contributed by atoms with Crippen LogP contribution in [0.5, 0.6) is 0 Å². The van der Waals surface area contributed by atoms with E-state index in [0.717, 1.165) is 0 Å². The van der Waals surface area contributed by atoms with E-state index >= 15 is 0 Å². The summed E-state index contributed by atoms with van der Waals surface area (Å²) in [5.41, 5.74) is 2.42. The maximum Gasteiger partial charge on any atom is 0.309 e. The molecule has 0 fully saturated rings. The van der Waals surface area contributed by atoms with Gasteiger partial charge in [0.05, 0.1) is 0 Å². The Labute approximate surface area is 124 Å². The second kappa shape index (κ2) is 6.23. The molecule has 0 saturated carbocycles. The van der Waals surface area contributed by atoms with Gasteiger partial charge in [-0.15, -0.1) is 0 Å². The number of carbonyl (C=O) groups excluding carboxylic acids is 1. The first kappa shape index (κ1) is 13.4. The lowest BCUT2D eigenvalue weighted by Gasteiger charge is -2.19. The fraction of sp³-hybridized carbons (Fsp3) is 0.105. The van der Waals surface area contributed by atoms with Crippen LogP contribution in [0.15, 0.2) is 72.8 Å². The van der Waals surface area contributed by atoms with E-state index in [2.05, 4.69) is 47.8 Å². The lowest BCUT2D eigenvalue weighted by molar-refractivity contribution is 0.539. The minimum absolute atomic E-state index is 0.124. The highest BCUT2D eigenvalue weighted by molar-refractivity contribution is 5.86. The molecule has 0 aliphatic carbocycles. The molecule has 3 aromatic carbocycles. The molecule has 0 bridgehead atoms. The number of fused-ring (bicyclic) bond motifs is 1. The van der Waals surface area contributed by atoms with E-state index in [1.807, 2.05) is 30.3 Å². The van der Waals surface area contributed by atoms with Crippen molar-refractivity contribution in [1.29, 1.82) is 0 Å². The van der Waals surface area contributed by atoms with Crippen LogP contribution in [0.4, 0.5) is 0 Å². The van der Waals surface area contributed by atoms with Crippen LogP contribution >= 0.6 is 0 Å². The highest BCUT2D eigenvalue weighted by Crippen LogP contribution is 2.30. The van der Waals surface area contributed by atoms with Gasteiger partial charge in [0.25, 0.3) is 0 Å². The van der Waals surface area contributed by atoms with Gasteiger partial charge in [-0.1, -0.05) is 72.8 Å². The second-order valence-electron chi connectivity index (χ2n) is 5.01. The highest BCUT2D eigenvalue weighted by atomic mass is 16.1. The van der Waals surface area contributed by atoms with Gasteiger partial charge in [0.15, 0.2) is 0 Å². The van der Waals surface area contributed by atoms with E-state index in [-0.39, 0.29) is 5.92 Å². The van der Waals surface area contributed by atoms with Gasteiger partial charge >= 0.3 is 6.41 Å². The van der Waals surface area contributed by atoms with Crippen molar-refractivity contribution in [1.82, 2.24) is 5.32 Å². The minimum atomic E-state index is 0.124. The molecule has 0 aromatic heterocycles. The predicted molar refractivity (Wildman–Crippen MR) is 85.9 cm³/mol. The van der Waals surface area contributed by atoms with Crippen LogP contribution < -0.4 is 5.32 Å².